The van der Waals surface area contributed by atoms with E-state index in [0.717, 1.165) is 16.8 Å². The molecule has 0 amide bonds. The number of nitrogens with zero attached hydrogens (tertiary/aromatic N) is 2. The number of carbonyl (C=O) groups excluding carboxylic acids is 1. The minimum Gasteiger partial charge on any atom is -0.494 e. The molecule has 6 nitrogen and oxygen atoms in total. The van der Waals surface area contributed by atoms with Gasteiger partial charge in [0.05, 0.1) is 47.4 Å². The summed E-state index contributed by atoms with van der Waals surface area (Å²) < 4.78 is 26.5. The van der Waals surface area contributed by atoms with Gasteiger partial charge >= 0.3 is 5.97 Å². The largest absolute Gasteiger partial charge is 0.494 e. The van der Waals surface area contributed by atoms with E-state index >= 15 is 0 Å². The van der Waals surface area contributed by atoms with Crippen molar-refractivity contribution in [1.82, 2.24) is 9.55 Å². The van der Waals surface area contributed by atoms with E-state index in [9.17, 15) is 9.18 Å². The smallest absolute Gasteiger partial charge is 0.339 e. The van der Waals surface area contributed by atoms with Crippen LogP contribution in [0.25, 0.3) is 5.69 Å². The number of ether oxygens (including phenoxy) is 2. The van der Waals surface area contributed by atoms with Crippen LogP contribution in [0.5, 0.6) is 5.75 Å². The first-order valence-corrected chi connectivity index (χ1v) is 14.2. The van der Waals surface area contributed by atoms with Crippen LogP contribution in [0, 0.1) is 17.7 Å². The Hall–Kier alpha value is -3.48. The van der Waals surface area contributed by atoms with Crippen LogP contribution in [0.15, 0.2) is 66.0 Å². The van der Waals surface area contributed by atoms with E-state index in [2.05, 4.69) is 11.8 Å². The summed E-state index contributed by atoms with van der Waals surface area (Å²) in [5.74, 6) is 4.91. The second-order valence-electron chi connectivity index (χ2n) is 9.45. The number of benzene rings is 3. The number of aliphatic hydroxyl groups is 1. The quantitative estimate of drug-likeness (QED) is 0.130. The van der Waals surface area contributed by atoms with E-state index in [-0.39, 0.29) is 12.4 Å². The van der Waals surface area contributed by atoms with E-state index in [0.29, 0.717) is 37.8 Å². The first kappa shape index (κ1) is 30.5. The number of hydrogen-bond donors (Lipinski definition) is 1. The third kappa shape index (κ3) is 6.55. The lowest BCUT2D eigenvalue weighted by molar-refractivity contribution is 0.0600. The van der Waals surface area contributed by atoms with Crippen LogP contribution in [0.4, 0.5) is 4.39 Å². The fourth-order valence-electron chi connectivity index (χ4n) is 4.30. The number of carbonyl (C=O) groups is 1. The Balaban J connectivity index is 1.78. The maximum absolute atomic E-state index is 14.4. The molecule has 0 saturated carbocycles. The second kappa shape index (κ2) is 13.0. The van der Waals surface area contributed by atoms with Gasteiger partial charge in [-0.25, -0.2) is 14.2 Å². The maximum atomic E-state index is 14.4. The summed E-state index contributed by atoms with van der Waals surface area (Å²) in [5, 5.41) is 10.6. The molecule has 0 radical (unpaired) electrons. The molecule has 41 heavy (non-hydrogen) atoms. The molecule has 1 N–H and O–H groups in total. The standard InChI is InChI=1S/C31H27Cl2FN2O4S/c1-31(2,21-9-11-24(32)25(33)15-21)28-17-35-30(36(28)22-10-12-26(34)27(16-22)39-3)41-18-19-7-8-20(6-5-13-37)23(14-19)29(38)40-4/h7-12,14-17,37H,13,18H2,1-4H3. The summed E-state index contributed by atoms with van der Waals surface area (Å²) in [4.78, 5) is 17.1. The number of hydrogen-bond acceptors (Lipinski definition) is 6. The van der Waals surface area contributed by atoms with E-state index in [1.165, 1.54) is 32.0 Å². The maximum Gasteiger partial charge on any atom is 0.339 e. The molecule has 3 aromatic carbocycles. The van der Waals surface area contributed by atoms with Crippen molar-refractivity contribution < 1.29 is 23.8 Å². The van der Waals surface area contributed by atoms with Crippen molar-refractivity contribution in [3.63, 3.8) is 0 Å². The molecule has 0 aliphatic heterocycles. The Morgan fingerprint density at radius 2 is 1.88 bits per heavy atom. The molecule has 212 valence electrons. The molecule has 4 aromatic rings. The SMILES string of the molecule is COC(=O)c1cc(CSc2ncc(C(C)(C)c3ccc(Cl)c(Cl)c3)n2-c2ccc(F)c(OC)c2)ccc1C#CCO. The van der Waals surface area contributed by atoms with Crippen molar-refractivity contribution in [3.05, 3.63) is 105 Å². The fourth-order valence-corrected chi connectivity index (χ4v) is 5.53. The summed E-state index contributed by atoms with van der Waals surface area (Å²) >= 11 is 14.0. The zero-order valence-electron chi connectivity index (χ0n) is 22.8. The van der Waals surface area contributed by atoms with Crippen LogP contribution in [-0.2, 0) is 15.9 Å². The number of thioether (sulfide) groups is 1. The van der Waals surface area contributed by atoms with Crippen molar-refractivity contribution in [2.45, 2.75) is 30.2 Å². The zero-order chi connectivity index (χ0) is 29.7. The van der Waals surface area contributed by atoms with Crippen LogP contribution in [0.3, 0.4) is 0 Å². The van der Waals surface area contributed by atoms with Gasteiger partial charge in [0.25, 0.3) is 0 Å². The molecule has 0 aliphatic rings. The highest BCUT2D eigenvalue weighted by Crippen LogP contribution is 2.39. The molecular weight excluding hydrogens is 586 g/mol. The lowest BCUT2D eigenvalue weighted by atomic mass is 9.81. The molecule has 0 atom stereocenters. The third-order valence-electron chi connectivity index (χ3n) is 6.56. The zero-order valence-corrected chi connectivity index (χ0v) is 25.1. The van der Waals surface area contributed by atoms with Crippen LogP contribution < -0.4 is 4.74 Å². The van der Waals surface area contributed by atoms with Gasteiger partial charge in [0.15, 0.2) is 16.7 Å². The Kier molecular flexibility index (Phi) is 9.67. The third-order valence-corrected chi connectivity index (χ3v) is 8.33. The van der Waals surface area contributed by atoms with Gasteiger partial charge in [0.2, 0.25) is 0 Å². The molecule has 0 spiro atoms. The van der Waals surface area contributed by atoms with Gasteiger partial charge in [-0.3, -0.25) is 4.57 Å². The van der Waals surface area contributed by atoms with E-state index in [4.69, 9.17) is 42.8 Å². The Morgan fingerprint density at radius 3 is 2.56 bits per heavy atom. The number of aliphatic hydroxyl groups excluding tert-OH is 1. The van der Waals surface area contributed by atoms with Crippen molar-refractivity contribution in [2.24, 2.45) is 0 Å². The minimum absolute atomic E-state index is 0.104. The van der Waals surface area contributed by atoms with Gasteiger partial charge in [0, 0.05) is 22.8 Å². The van der Waals surface area contributed by atoms with Crippen molar-refractivity contribution in [1.29, 1.82) is 0 Å². The predicted molar refractivity (Wildman–Crippen MR) is 160 cm³/mol. The lowest BCUT2D eigenvalue weighted by Crippen LogP contribution is -2.23. The number of aromatic nitrogens is 2. The second-order valence-corrected chi connectivity index (χ2v) is 11.2. The van der Waals surface area contributed by atoms with Crippen LogP contribution in [0.2, 0.25) is 10.0 Å². The summed E-state index contributed by atoms with van der Waals surface area (Å²) in [6, 6.07) is 15.4. The molecule has 0 unspecified atom stereocenters. The number of halogens is 3. The van der Waals surface area contributed by atoms with Crippen molar-refractivity contribution >= 4 is 40.9 Å². The fraction of sp³-hybridized carbons (Fsp3) is 0.226. The number of esters is 1. The topological polar surface area (TPSA) is 73.6 Å². The Bertz CT molecular complexity index is 1660. The first-order chi connectivity index (χ1) is 19.6. The van der Waals surface area contributed by atoms with E-state index in [1.54, 1.807) is 36.5 Å². The molecular formula is C31H27Cl2FN2O4S. The predicted octanol–water partition coefficient (Wildman–Crippen LogP) is 7.08. The van der Waals surface area contributed by atoms with Crippen LogP contribution >= 0.6 is 35.0 Å². The van der Waals surface area contributed by atoms with Gasteiger partial charge in [0.1, 0.15) is 6.61 Å². The van der Waals surface area contributed by atoms with Gasteiger partial charge < -0.3 is 14.6 Å². The van der Waals surface area contributed by atoms with E-state index < -0.39 is 17.2 Å². The average molecular weight is 614 g/mol. The molecule has 0 fully saturated rings. The molecule has 0 bridgehead atoms. The van der Waals surface area contributed by atoms with Gasteiger partial charge in [-0.05, 0) is 47.5 Å². The summed E-state index contributed by atoms with van der Waals surface area (Å²) in [5.41, 5.74) is 3.44. The average Bonchev–Trinajstić information content (AvgIpc) is 3.41. The molecule has 0 aliphatic carbocycles. The Labute approximate surface area is 252 Å². The molecule has 1 aromatic heterocycles. The van der Waals surface area contributed by atoms with Crippen LogP contribution in [0.1, 0.15) is 46.6 Å². The number of methoxy groups -OCH3 is 2. The van der Waals surface area contributed by atoms with Gasteiger partial charge in [-0.1, -0.05) is 72.8 Å². The highest BCUT2D eigenvalue weighted by Gasteiger charge is 2.30. The number of imidazole rings is 1. The number of rotatable bonds is 8. The summed E-state index contributed by atoms with van der Waals surface area (Å²) in [6.45, 7) is 3.77. The van der Waals surface area contributed by atoms with Gasteiger partial charge in [-0.2, -0.15) is 0 Å². The van der Waals surface area contributed by atoms with Gasteiger partial charge in [-0.15, -0.1) is 0 Å². The summed E-state index contributed by atoms with van der Waals surface area (Å²) in [6.07, 6.45) is 1.79. The highest BCUT2D eigenvalue weighted by atomic mass is 35.5. The monoisotopic (exact) mass is 612 g/mol. The molecule has 10 heteroatoms. The van der Waals surface area contributed by atoms with Crippen molar-refractivity contribution in [3.8, 4) is 23.3 Å². The normalized spacial score (nSPS) is 11.1. The lowest BCUT2D eigenvalue weighted by Gasteiger charge is -2.28. The van der Waals surface area contributed by atoms with Crippen molar-refractivity contribution in [2.75, 3.05) is 20.8 Å². The highest BCUT2D eigenvalue weighted by molar-refractivity contribution is 7.98. The first-order valence-electron chi connectivity index (χ1n) is 12.4. The minimum atomic E-state index is -0.577. The Morgan fingerprint density at radius 1 is 1.10 bits per heavy atom. The molecule has 1 heterocycles. The van der Waals surface area contributed by atoms with Crippen LogP contribution in [-0.4, -0.2) is 41.5 Å². The molecule has 4 rings (SSSR count). The van der Waals surface area contributed by atoms with E-state index in [1.807, 2.05) is 36.6 Å². The summed E-state index contributed by atoms with van der Waals surface area (Å²) in [7, 11) is 2.72. The molecule has 0 saturated heterocycles.